The number of rotatable bonds is 0. The number of hydrogen-bond donors (Lipinski definition) is 0. The molecule has 0 amide bonds. The zero-order valence-corrected chi connectivity index (χ0v) is 12.0. The van der Waals surface area contributed by atoms with Crippen LogP contribution in [0.2, 0.25) is 0 Å². The summed E-state index contributed by atoms with van der Waals surface area (Å²) in [4.78, 5) is 0. The van der Waals surface area contributed by atoms with E-state index in [0.29, 0.717) is 0 Å². The van der Waals surface area contributed by atoms with Crippen LogP contribution in [-0.2, 0) is 24.7 Å². The van der Waals surface area contributed by atoms with E-state index >= 15 is 0 Å². The Balaban J connectivity index is -0.000000270. The maximum Gasteiger partial charge on any atom is -0.147 e. The largest absolute Gasteiger partial charge is 0.147 e. The zero-order valence-electron chi connectivity index (χ0n) is 7.12. The van der Waals surface area contributed by atoms with Gasteiger partial charge in [-0.1, -0.05) is 0 Å². The second kappa shape index (κ2) is 6.53. The molecule has 0 saturated carbocycles. The second-order valence-corrected chi connectivity index (χ2v) is 4.88. The van der Waals surface area contributed by atoms with Crippen LogP contribution < -0.4 is 0 Å². The molecule has 0 bridgehead atoms. The first kappa shape index (κ1) is 18.8. The van der Waals surface area contributed by atoms with Gasteiger partial charge in [-0.15, -0.1) is 37.2 Å². The van der Waals surface area contributed by atoms with Gasteiger partial charge < -0.3 is 0 Å². The van der Waals surface area contributed by atoms with E-state index < -0.39 is 0 Å². The van der Waals surface area contributed by atoms with Crippen molar-refractivity contribution in [3.63, 3.8) is 0 Å². The van der Waals surface area contributed by atoms with Gasteiger partial charge >= 0.3 is 70.2 Å². The number of allylic oxidation sites excluding steroid dienone is 1. The average molecular weight is 310 g/mol. The van der Waals surface area contributed by atoms with E-state index in [1.165, 1.54) is 30.3 Å². The average Bonchev–Trinajstić information content (AvgIpc) is 1.97. The molecular weight excluding hydrogens is 298 g/mol. The molecule has 0 saturated heterocycles. The maximum atomic E-state index is 4.12. The fraction of sp³-hybridized carbons (Fsp3) is 0.667. The minimum Gasteiger partial charge on any atom is -0.147 e. The Morgan fingerprint density at radius 1 is 1.17 bits per heavy atom. The maximum absolute atomic E-state index is 4.12. The Morgan fingerprint density at radius 2 is 1.58 bits per heavy atom. The normalized spacial score (nSPS) is 25.5. The summed E-state index contributed by atoms with van der Waals surface area (Å²) in [6, 6.07) is 0. The van der Waals surface area contributed by atoms with Crippen LogP contribution in [0.5, 0.6) is 0 Å². The number of halogens is 3. The van der Waals surface area contributed by atoms with E-state index in [0.717, 1.165) is 5.70 Å². The summed E-state index contributed by atoms with van der Waals surface area (Å²) in [5.41, 5.74) is 2.41. The quantitative estimate of drug-likeness (QED) is 0.656. The summed E-state index contributed by atoms with van der Waals surface area (Å²) in [6.45, 7) is 6.22. The Hall–Kier alpha value is 1.09. The fourth-order valence-corrected chi connectivity index (χ4v) is 1.24. The fourth-order valence-electron chi connectivity index (χ4n) is 0.677. The molecule has 0 aromatic rings. The van der Waals surface area contributed by atoms with Gasteiger partial charge in [0.2, 0.25) is 0 Å². The molecule has 1 atom stereocenters. The van der Waals surface area contributed by atoms with E-state index in [-0.39, 0.29) is 40.5 Å². The predicted octanol–water partition coefficient (Wildman–Crippen LogP) is 3.27. The van der Waals surface area contributed by atoms with Gasteiger partial charge in [0.1, 0.15) is 0 Å². The van der Waals surface area contributed by atoms with E-state index in [4.69, 9.17) is 0 Å². The first-order chi connectivity index (χ1) is 4.04. The van der Waals surface area contributed by atoms with Crippen LogP contribution in [-0.4, -0.2) is 3.25 Å². The molecule has 0 N–H and O–H groups in total. The van der Waals surface area contributed by atoms with Crippen molar-refractivity contribution < 1.29 is 24.7 Å². The van der Waals surface area contributed by atoms with Crippen molar-refractivity contribution in [3.05, 3.63) is 11.3 Å². The molecule has 12 heavy (non-hydrogen) atoms. The smallest absolute Gasteiger partial charge is 0.147 e. The van der Waals surface area contributed by atoms with Crippen molar-refractivity contribution in [3.8, 4) is 0 Å². The standard InChI is InChI=1S/C6H9N2.3ClH.Zr/c1-4-5(2)7-8-6(4)3;;;;/h1-3H3;3*1H;. The molecule has 0 aromatic carbocycles. The molecule has 0 aliphatic carbocycles. The molecule has 0 spiro atoms. The summed E-state index contributed by atoms with van der Waals surface area (Å²) >= 11 is 1.42. The molecule has 1 heterocycles. The van der Waals surface area contributed by atoms with Crippen LogP contribution in [0, 0.1) is 0 Å². The Bertz CT molecular complexity index is 201. The third-order valence-corrected chi connectivity index (χ3v) is 2.84. The molecule has 1 unspecified atom stereocenters. The monoisotopic (exact) mass is 307 g/mol. The molecule has 71 valence electrons. The van der Waals surface area contributed by atoms with Crippen molar-refractivity contribution in [2.45, 2.75) is 24.0 Å². The van der Waals surface area contributed by atoms with Crippen LogP contribution in [0.25, 0.3) is 0 Å². The molecule has 1 aliphatic heterocycles. The summed E-state index contributed by atoms with van der Waals surface area (Å²) in [7, 11) is 0. The van der Waals surface area contributed by atoms with Crippen LogP contribution in [0.4, 0.5) is 0 Å². The third kappa shape index (κ3) is 3.87. The molecule has 0 radical (unpaired) electrons. The minimum absolute atomic E-state index is 0. The first-order valence-corrected chi connectivity index (χ1v) is 4.13. The van der Waals surface area contributed by atoms with E-state index in [2.05, 4.69) is 24.1 Å². The predicted molar refractivity (Wildman–Crippen MR) is 53.4 cm³/mol. The van der Waals surface area contributed by atoms with Crippen LogP contribution >= 0.6 is 37.2 Å². The summed E-state index contributed by atoms with van der Waals surface area (Å²) in [6.07, 6.45) is 0. The van der Waals surface area contributed by atoms with E-state index in [1.807, 2.05) is 6.92 Å². The van der Waals surface area contributed by atoms with Gasteiger partial charge in [0.25, 0.3) is 0 Å². The van der Waals surface area contributed by atoms with Gasteiger partial charge in [-0.25, -0.2) is 0 Å². The minimum atomic E-state index is 0. The van der Waals surface area contributed by atoms with Gasteiger partial charge in [0.05, 0.1) is 0 Å². The second-order valence-electron chi connectivity index (χ2n) is 2.48. The Labute approximate surface area is 107 Å². The Kier molecular flexibility index (Phi) is 10.2. The van der Waals surface area contributed by atoms with Gasteiger partial charge in [0.15, 0.2) is 0 Å². The van der Waals surface area contributed by atoms with Crippen molar-refractivity contribution in [2.24, 2.45) is 10.2 Å². The summed E-state index contributed by atoms with van der Waals surface area (Å²) in [5.74, 6) is 0. The molecule has 0 aromatic heterocycles. The van der Waals surface area contributed by atoms with Gasteiger partial charge in [0, 0.05) is 0 Å². The number of nitrogens with zero attached hydrogens (tertiary/aromatic N) is 2. The van der Waals surface area contributed by atoms with Gasteiger partial charge in [-0.05, 0) is 0 Å². The first-order valence-electron chi connectivity index (χ1n) is 2.90. The van der Waals surface area contributed by atoms with Crippen molar-refractivity contribution in [2.75, 3.05) is 0 Å². The van der Waals surface area contributed by atoms with Crippen LogP contribution in [0.3, 0.4) is 0 Å². The van der Waals surface area contributed by atoms with E-state index in [1.54, 1.807) is 0 Å². The number of hydrogen-bond acceptors (Lipinski definition) is 2. The molecule has 0 fully saturated rings. The van der Waals surface area contributed by atoms with Crippen molar-refractivity contribution in [1.82, 2.24) is 0 Å². The SMILES string of the molecule is CC1=C(C)[C](C)([Zr])N=N1.Cl.Cl.Cl. The van der Waals surface area contributed by atoms with Gasteiger partial charge in [-0.2, -0.15) is 0 Å². The summed E-state index contributed by atoms with van der Waals surface area (Å²) in [5, 5.41) is 8.12. The molecule has 6 heteroatoms. The van der Waals surface area contributed by atoms with Gasteiger partial charge in [-0.3, -0.25) is 0 Å². The molecule has 2 nitrogen and oxygen atoms in total. The summed E-state index contributed by atoms with van der Waals surface area (Å²) < 4.78 is 0.0524. The topological polar surface area (TPSA) is 24.7 Å². The van der Waals surface area contributed by atoms with Crippen molar-refractivity contribution in [1.29, 1.82) is 0 Å². The van der Waals surface area contributed by atoms with Crippen molar-refractivity contribution >= 4 is 37.2 Å². The van der Waals surface area contributed by atoms with Crippen LogP contribution in [0.1, 0.15) is 20.8 Å². The van der Waals surface area contributed by atoms with Crippen LogP contribution in [0.15, 0.2) is 21.5 Å². The Morgan fingerprint density at radius 3 is 1.67 bits per heavy atom. The van der Waals surface area contributed by atoms with E-state index in [9.17, 15) is 0 Å². The molecule has 1 rings (SSSR count). The zero-order chi connectivity index (χ0) is 7.07. The molecular formula is C6H12Cl3N2Zr. The third-order valence-electron chi connectivity index (χ3n) is 1.67. The molecule has 1 aliphatic rings. The number of azo groups is 1.